The molecule has 0 aromatic heterocycles. The summed E-state index contributed by atoms with van der Waals surface area (Å²) in [6.45, 7) is 3.47. The van der Waals surface area contributed by atoms with Crippen LogP contribution in [0.15, 0.2) is 24.3 Å². The molecule has 6 nitrogen and oxygen atoms in total. The van der Waals surface area contributed by atoms with E-state index in [2.05, 4.69) is 19.2 Å². The van der Waals surface area contributed by atoms with Crippen molar-refractivity contribution >= 4 is 5.69 Å². The van der Waals surface area contributed by atoms with Gasteiger partial charge in [0.2, 0.25) is 0 Å². The minimum atomic E-state index is -1.60. The summed E-state index contributed by atoms with van der Waals surface area (Å²) in [6.07, 6.45) is -5.91. The Hall–Kier alpha value is -1.18. The molecule has 0 saturated carbocycles. The highest BCUT2D eigenvalue weighted by atomic mass is 16.4. The average Bonchev–Trinajstić information content (AvgIpc) is 2.50. The highest BCUT2D eigenvalue weighted by molar-refractivity contribution is 5.46. The van der Waals surface area contributed by atoms with Gasteiger partial charge in [0.15, 0.2) is 0 Å². The normalized spacial score (nSPS) is 17.3. The molecule has 0 unspecified atom stereocenters. The molecule has 1 aromatic rings. The first-order valence-corrected chi connectivity index (χ1v) is 7.03. The van der Waals surface area contributed by atoms with Gasteiger partial charge in [0, 0.05) is 12.2 Å². The van der Waals surface area contributed by atoms with Crippen molar-refractivity contribution in [3.05, 3.63) is 29.8 Å². The van der Waals surface area contributed by atoms with E-state index in [-0.39, 0.29) is 6.54 Å². The molecule has 6 heteroatoms. The smallest absolute Gasteiger partial charge is 0.111 e. The summed E-state index contributed by atoms with van der Waals surface area (Å²) in [5.41, 5.74) is 1.94. The Balaban J connectivity index is 2.56. The van der Waals surface area contributed by atoms with Crippen molar-refractivity contribution in [2.75, 3.05) is 18.5 Å². The SMILES string of the molecule is CC(C)c1cccc(NC[C@H](O)[C@@H](O)[C@H](O)[C@H](O)CO)c1. The zero-order chi connectivity index (χ0) is 16.0. The topological polar surface area (TPSA) is 113 Å². The maximum Gasteiger partial charge on any atom is 0.111 e. The number of hydrogen-bond donors (Lipinski definition) is 6. The Bertz CT molecular complexity index is 426. The number of benzene rings is 1. The van der Waals surface area contributed by atoms with Crippen LogP contribution in [0.3, 0.4) is 0 Å². The fourth-order valence-electron chi connectivity index (χ4n) is 1.91. The third kappa shape index (κ3) is 5.26. The lowest BCUT2D eigenvalue weighted by Gasteiger charge is -2.26. The summed E-state index contributed by atoms with van der Waals surface area (Å²) in [6, 6.07) is 7.68. The number of aliphatic hydroxyl groups is 5. The van der Waals surface area contributed by atoms with Crippen LogP contribution in [0.5, 0.6) is 0 Å². The van der Waals surface area contributed by atoms with Crippen LogP contribution in [0.4, 0.5) is 5.69 Å². The molecule has 0 bridgehead atoms. The molecule has 4 atom stereocenters. The Labute approximate surface area is 124 Å². The Morgan fingerprint density at radius 2 is 1.62 bits per heavy atom. The molecule has 0 heterocycles. The summed E-state index contributed by atoms with van der Waals surface area (Å²) in [5, 5.41) is 49.9. The number of nitrogens with one attached hydrogen (secondary N) is 1. The fourth-order valence-corrected chi connectivity index (χ4v) is 1.91. The third-order valence-corrected chi connectivity index (χ3v) is 3.39. The van der Waals surface area contributed by atoms with E-state index in [9.17, 15) is 20.4 Å². The van der Waals surface area contributed by atoms with Gasteiger partial charge in [-0.2, -0.15) is 0 Å². The predicted octanol–water partition coefficient (Wildman–Crippen LogP) is -0.342. The molecule has 0 aliphatic heterocycles. The van der Waals surface area contributed by atoms with Crippen molar-refractivity contribution < 1.29 is 25.5 Å². The van der Waals surface area contributed by atoms with E-state index in [1.165, 1.54) is 0 Å². The lowest BCUT2D eigenvalue weighted by Crippen LogP contribution is -2.48. The molecule has 1 aromatic carbocycles. The molecule has 0 aliphatic carbocycles. The van der Waals surface area contributed by atoms with Gasteiger partial charge in [-0.1, -0.05) is 26.0 Å². The van der Waals surface area contributed by atoms with Crippen molar-refractivity contribution in [1.82, 2.24) is 0 Å². The number of anilines is 1. The van der Waals surface area contributed by atoms with Crippen LogP contribution in [-0.4, -0.2) is 63.1 Å². The zero-order valence-electron chi connectivity index (χ0n) is 12.3. The first kappa shape index (κ1) is 17.9. The number of hydrogen-bond acceptors (Lipinski definition) is 6. The second-order valence-corrected chi connectivity index (χ2v) is 5.46. The van der Waals surface area contributed by atoms with Crippen molar-refractivity contribution in [2.24, 2.45) is 0 Å². The van der Waals surface area contributed by atoms with E-state index < -0.39 is 31.0 Å². The van der Waals surface area contributed by atoms with Crippen LogP contribution in [0.25, 0.3) is 0 Å². The van der Waals surface area contributed by atoms with Gasteiger partial charge >= 0.3 is 0 Å². The van der Waals surface area contributed by atoms with Crippen LogP contribution in [-0.2, 0) is 0 Å². The number of rotatable bonds is 8. The molecule has 0 aliphatic rings. The molecule has 0 amide bonds. The molecular weight excluding hydrogens is 274 g/mol. The van der Waals surface area contributed by atoms with Gasteiger partial charge in [-0.25, -0.2) is 0 Å². The van der Waals surface area contributed by atoms with E-state index >= 15 is 0 Å². The predicted molar refractivity (Wildman–Crippen MR) is 80.1 cm³/mol. The van der Waals surface area contributed by atoms with Crippen LogP contribution in [0.1, 0.15) is 25.3 Å². The van der Waals surface area contributed by atoms with Crippen molar-refractivity contribution in [3.8, 4) is 0 Å². The quantitative estimate of drug-likeness (QED) is 0.391. The van der Waals surface area contributed by atoms with Gasteiger partial charge < -0.3 is 30.8 Å². The van der Waals surface area contributed by atoms with Crippen LogP contribution >= 0.6 is 0 Å². The van der Waals surface area contributed by atoms with E-state index in [0.29, 0.717) is 5.92 Å². The highest BCUT2D eigenvalue weighted by Crippen LogP contribution is 2.18. The molecule has 120 valence electrons. The summed E-state index contributed by atoms with van der Waals surface area (Å²) in [5.74, 6) is 0.379. The van der Waals surface area contributed by atoms with E-state index in [0.717, 1.165) is 11.3 Å². The summed E-state index contributed by atoms with van der Waals surface area (Å²) >= 11 is 0. The van der Waals surface area contributed by atoms with Gasteiger partial charge in [-0.3, -0.25) is 0 Å². The maximum atomic E-state index is 9.81. The second kappa shape index (κ2) is 8.31. The Morgan fingerprint density at radius 3 is 2.19 bits per heavy atom. The largest absolute Gasteiger partial charge is 0.394 e. The van der Waals surface area contributed by atoms with Gasteiger partial charge in [-0.05, 0) is 23.6 Å². The summed E-state index contributed by atoms with van der Waals surface area (Å²) in [7, 11) is 0. The van der Waals surface area contributed by atoms with E-state index in [4.69, 9.17) is 5.11 Å². The highest BCUT2D eigenvalue weighted by Gasteiger charge is 2.29. The van der Waals surface area contributed by atoms with Gasteiger partial charge in [0.05, 0.1) is 12.7 Å². The molecular formula is C15H25NO5. The molecule has 6 N–H and O–H groups in total. The van der Waals surface area contributed by atoms with Crippen LogP contribution in [0.2, 0.25) is 0 Å². The first-order chi connectivity index (χ1) is 9.86. The van der Waals surface area contributed by atoms with E-state index in [1.54, 1.807) is 0 Å². The second-order valence-electron chi connectivity index (χ2n) is 5.46. The molecule has 0 saturated heterocycles. The molecule has 0 radical (unpaired) electrons. The van der Waals surface area contributed by atoms with Crippen LogP contribution < -0.4 is 5.32 Å². The zero-order valence-corrected chi connectivity index (χ0v) is 12.3. The monoisotopic (exact) mass is 299 g/mol. The van der Waals surface area contributed by atoms with Crippen LogP contribution in [0, 0.1) is 0 Å². The third-order valence-electron chi connectivity index (χ3n) is 3.39. The van der Waals surface area contributed by atoms with Crippen molar-refractivity contribution in [2.45, 2.75) is 44.2 Å². The first-order valence-electron chi connectivity index (χ1n) is 7.03. The summed E-state index contributed by atoms with van der Waals surface area (Å²) < 4.78 is 0. The standard InChI is InChI=1S/C15H25NO5/c1-9(2)10-4-3-5-11(6-10)16-7-12(18)14(20)15(21)13(19)8-17/h3-6,9,12-21H,7-8H2,1-2H3/t12-,13+,14+,15+/m0/s1. The lowest BCUT2D eigenvalue weighted by atomic mass is 10.0. The molecule has 0 spiro atoms. The molecule has 1 rings (SSSR count). The minimum absolute atomic E-state index is 0.0118. The van der Waals surface area contributed by atoms with Crippen molar-refractivity contribution in [3.63, 3.8) is 0 Å². The maximum absolute atomic E-state index is 9.81. The van der Waals surface area contributed by atoms with Gasteiger partial charge in [0.1, 0.15) is 18.3 Å². The molecule has 21 heavy (non-hydrogen) atoms. The Morgan fingerprint density at radius 1 is 1.00 bits per heavy atom. The van der Waals surface area contributed by atoms with Gasteiger partial charge in [-0.15, -0.1) is 0 Å². The number of aliphatic hydroxyl groups excluding tert-OH is 5. The average molecular weight is 299 g/mol. The lowest BCUT2D eigenvalue weighted by molar-refractivity contribution is -0.111. The molecule has 0 fully saturated rings. The minimum Gasteiger partial charge on any atom is -0.394 e. The summed E-state index contributed by atoms with van der Waals surface area (Å²) in [4.78, 5) is 0. The van der Waals surface area contributed by atoms with Gasteiger partial charge in [0.25, 0.3) is 0 Å². The fraction of sp³-hybridized carbons (Fsp3) is 0.600. The Kier molecular flexibility index (Phi) is 7.07. The van der Waals surface area contributed by atoms with Crippen molar-refractivity contribution in [1.29, 1.82) is 0 Å². The van der Waals surface area contributed by atoms with E-state index in [1.807, 2.05) is 24.3 Å².